The van der Waals surface area contributed by atoms with E-state index in [0.717, 1.165) is 6.07 Å². The first-order chi connectivity index (χ1) is 8.43. The molecule has 1 rings (SSSR count). The van der Waals surface area contributed by atoms with Gasteiger partial charge in [-0.15, -0.1) is 0 Å². The molecule has 1 aromatic heterocycles. The second-order valence-electron chi connectivity index (χ2n) is 3.32. The number of rotatable bonds is 5. The van der Waals surface area contributed by atoms with Crippen LogP contribution in [0.2, 0.25) is 0 Å². The van der Waals surface area contributed by atoms with Crippen LogP contribution in [0.5, 0.6) is 0 Å². The summed E-state index contributed by atoms with van der Waals surface area (Å²) in [5.41, 5.74) is -1.94. The average molecular weight is 257 g/mol. The number of hydrogen-bond donors (Lipinski definition) is 4. The average Bonchev–Trinajstić information content (AvgIpc) is 2.26. The molecule has 0 saturated carbocycles. The van der Waals surface area contributed by atoms with Crippen molar-refractivity contribution in [3.63, 3.8) is 0 Å². The molecule has 9 heteroatoms. The van der Waals surface area contributed by atoms with Gasteiger partial charge in [-0.05, 0) is 0 Å². The lowest BCUT2D eigenvalue weighted by atomic mass is 10.3. The van der Waals surface area contributed by atoms with E-state index in [2.05, 4.69) is 15.0 Å². The van der Waals surface area contributed by atoms with Crippen LogP contribution in [0.3, 0.4) is 0 Å². The molecule has 98 valence electrons. The lowest BCUT2D eigenvalue weighted by molar-refractivity contribution is -0.140. The summed E-state index contributed by atoms with van der Waals surface area (Å²) in [6.07, 6.45) is 0. The molecule has 18 heavy (non-hydrogen) atoms. The van der Waals surface area contributed by atoms with Crippen LogP contribution in [0.1, 0.15) is 10.5 Å². The first-order valence-corrected chi connectivity index (χ1v) is 4.80. The van der Waals surface area contributed by atoms with Gasteiger partial charge in [-0.25, -0.2) is 9.59 Å². The molecular formula is C9H11N3O6. The van der Waals surface area contributed by atoms with Crippen LogP contribution < -0.4 is 16.6 Å². The number of carboxylic acids is 1. The van der Waals surface area contributed by atoms with Crippen molar-refractivity contribution in [2.24, 2.45) is 0 Å². The van der Waals surface area contributed by atoms with E-state index >= 15 is 0 Å². The molecule has 1 unspecified atom stereocenters. The minimum Gasteiger partial charge on any atom is -0.480 e. The van der Waals surface area contributed by atoms with Gasteiger partial charge < -0.3 is 20.1 Å². The van der Waals surface area contributed by atoms with Gasteiger partial charge in [-0.1, -0.05) is 0 Å². The summed E-state index contributed by atoms with van der Waals surface area (Å²) in [7, 11) is 1.27. The van der Waals surface area contributed by atoms with Crippen molar-refractivity contribution < 1.29 is 19.4 Å². The zero-order valence-corrected chi connectivity index (χ0v) is 9.35. The number of hydrogen-bond acceptors (Lipinski definition) is 5. The molecule has 1 atom stereocenters. The van der Waals surface area contributed by atoms with E-state index < -0.39 is 29.2 Å². The molecule has 1 heterocycles. The number of aromatic nitrogens is 2. The van der Waals surface area contributed by atoms with Crippen LogP contribution in [-0.2, 0) is 9.53 Å². The Hall–Kier alpha value is -2.42. The zero-order valence-electron chi connectivity index (χ0n) is 9.35. The lowest BCUT2D eigenvalue weighted by Gasteiger charge is -2.12. The molecular weight excluding hydrogens is 246 g/mol. The standard InChI is InChI=1S/C9H11N3O6/c1-18-3-5(8(15)16)10-7(14)4-2-6(13)12-9(17)11-4/h2,5H,3H2,1H3,(H,10,14)(H,15,16)(H2,11,12,13,17). The summed E-state index contributed by atoms with van der Waals surface area (Å²) in [4.78, 5) is 48.2. The third kappa shape index (κ3) is 3.56. The number of amides is 1. The van der Waals surface area contributed by atoms with Crippen molar-refractivity contribution in [2.75, 3.05) is 13.7 Å². The maximum Gasteiger partial charge on any atom is 0.328 e. The Morgan fingerprint density at radius 2 is 2.11 bits per heavy atom. The van der Waals surface area contributed by atoms with Crippen LogP contribution in [0, 0.1) is 0 Å². The van der Waals surface area contributed by atoms with Gasteiger partial charge in [0.1, 0.15) is 5.69 Å². The molecule has 0 aliphatic heterocycles. The van der Waals surface area contributed by atoms with Crippen molar-refractivity contribution in [1.29, 1.82) is 0 Å². The van der Waals surface area contributed by atoms with Crippen molar-refractivity contribution in [3.8, 4) is 0 Å². The normalized spacial score (nSPS) is 11.8. The topological polar surface area (TPSA) is 141 Å². The van der Waals surface area contributed by atoms with Gasteiger partial charge in [0.2, 0.25) is 0 Å². The number of carbonyl (C=O) groups is 2. The molecule has 0 fully saturated rings. The molecule has 0 bridgehead atoms. The van der Waals surface area contributed by atoms with Crippen LogP contribution in [-0.4, -0.2) is 46.7 Å². The van der Waals surface area contributed by atoms with Crippen LogP contribution in [0.25, 0.3) is 0 Å². The van der Waals surface area contributed by atoms with Gasteiger partial charge in [0.25, 0.3) is 11.5 Å². The van der Waals surface area contributed by atoms with Gasteiger partial charge in [0, 0.05) is 13.2 Å². The van der Waals surface area contributed by atoms with Crippen molar-refractivity contribution >= 4 is 11.9 Å². The number of aromatic amines is 2. The molecule has 1 aromatic rings. The molecule has 4 N–H and O–H groups in total. The highest BCUT2D eigenvalue weighted by Gasteiger charge is 2.21. The van der Waals surface area contributed by atoms with Gasteiger partial charge in [-0.3, -0.25) is 14.6 Å². The Labute approximate surface area is 99.8 Å². The summed E-state index contributed by atoms with van der Waals surface area (Å²) in [6, 6.07) is -0.423. The fraction of sp³-hybridized carbons (Fsp3) is 0.333. The van der Waals surface area contributed by atoms with E-state index in [0.29, 0.717) is 0 Å². The smallest absolute Gasteiger partial charge is 0.328 e. The Balaban J connectivity index is 2.90. The Morgan fingerprint density at radius 1 is 1.44 bits per heavy atom. The number of nitrogens with one attached hydrogen (secondary N) is 3. The molecule has 1 amide bonds. The zero-order chi connectivity index (χ0) is 13.7. The van der Waals surface area contributed by atoms with E-state index in [4.69, 9.17) is 5.11 Å². The highest BCUT2D eigenvalue weighted by atomic mass is 16.5. The maximum atomic E-state index is 11.6. The van der Waals surface area contributed by atoms with Gasteiger partial charge in [0.15, 0.2) is 6.04 Å². The minimum atomic E-state index is -1.29. The minimum absolute atomic E-state index is 0.242. The summed E-state index contributed by atoms with van der Waals surface area (Å²) < 4.78 is 4.61. The highest BCUT2D eigenvalue weighted by molar-refractivity contribution is 5.94. The van der Waals surface area contributed by atoms with E-state index in [9.17, 15) is 19.2 Å². The third-order valence-electron chi connectivity index (χ3n) is 1.94. The molecule has 9 nitrogen and oxygen atoms in total. The molecule has 0 aromatic carbocycles. The van der Waals surface area contributed by atoms with E-state index in [-0.39, 0.29) is 12.3 Å². The van der Waals surface area contributed by atoms with Crippen molar-refractivity contribution in [1.82, 2.24) is 15.3 Å². The van der Waals surface area contributed by atoms with E-state index in [1.165, 1.54) is 7.11 Å². The Kier molecular flexibility index (Phi) is 4.38. The molecule has 0 saturated heterocycles. The lowest BCUT2D eigenvalue weighted by Crippen LogP contribution is -2.44. The summed E-state index contributed by atoms with van der Waals surface area (Å²) >= 11 is 0. The predicted molar refractivity (Wildman–Crippen MR) is 58.4 cm³/mol. The van der Waals surface area contributed by atoms with Gasteiger partial charge in [0.05, 0.1) is 6.61 Å². The molecule has 0 radical (unpaired) electrons. The molecule has 0 aliphatic rings. The summed E-state index contributed by atoms with van der Waals surface area (Å²) in [5.74, 6) is -2.18. The highest BCUT2D eigenvalue weighted by Crippen LogP contribution is 1.91. The van der Waals surface area contributed by atoms with Gasteiger partial charge >= 0.3 is 11.7 Å². The van der Waals surface area contributed by atoms with Crippen molar-refractivity contribution in [3.05, 3.63) is 32.6 Å². The van der Waals surface area contributed by atoms with E-state index in [1.807, 2.05) is 4.98 Å². The van der Waals surface area contributed by atoms with Crippen molar-refractivity contribution in [2.45, 2.75) is 6.04 Å². The maximum absolute atomic E-state index is 11.6. The fourth-order valence-corrected chi connectivity index (χ4v) is 1.17. The fourth-order valence-electron chi connectivity index (χ4n) is 1.17. The third-order valence-corrected chi connectivity index (χ3v) is 1.94. The first-order valence-electron chi connectivity index (χ1n) is 4.80. The van der Waals surface area contributed by atoms with Gasteiger partial charge in [-0.2, -0.15) is 0 Å². The largest absolute Gasteiger partial charge is 0.480 e. The number of ether oxygens (including phenoxy) is 1. The number of carbonyl (C=O) groups excluding carboxylic acids is 1. The molecule has 0 aliphatic carbocycles. The summed E-state index contributed by atoms with van der Waals surface area (Å²) in [6.45, 7) is -0.242. The van der Waals surface area contributed by atoms with Crippen LogP contribution >= 0.6 is 0 Å². The predicted octanol–water partition coefficient (Wildman–Crippen LogP) is -2.11. The molecule has 0 spiro atoms. The number of aliphatic carboxylic acids is 1. The summed E-state index contributed by atoms with van der Waals surface area (Å²) in [5, 5.41) is 10.9. The SMILES string of the molecule is COCC(NC(=O)c1cc(=O)[nH]c(=O)[nH]1)C(=O)O. The number of H-pyrrole nitrogens is 2. The number of carboxylic acid groups (broad SMARTS) is 1. The second kappa shape index (κ2) is 5.77. The first kappa shape index (κ1) is 13.6. The van der Waals surface area contributed by atoms with Crippen LogP contribution in [0.4, 0.5) is 0 Å². The van der Waals surface area contributed by atoms with E-state index in [1.54, 1.807) is 0 Å². The Morgan fingerprint density at radius 3 is 2.61 bits per heavy atom. The number of methoxy groups -OCH3 is 1. The van der Waals surface area contributed by atoms with Crippen LogP contribution in [0.15, 0.2) is 15.7 Å². The second-order valence-corrected chi connectivity index (χ2v) is 3.32. The Bertz CT molecular complexity index is 532. The monoisotopic (exact) mass is 257 g/mol. The quantitative estimate of drug-likeness (QED) is 0.475.